The standard InChI is InChI=1S/C23H26FNO7/c1-3-31-21(27)16-11-25(13-4-5-13)19-9-17(18(24)8-15(19)20(16)26)23(22(28)29)7-6-14(10-23)32-12-30-2/h8-9,11,13-14H,3-7,10,12H2,1-2H3,(H,28,29). The highest BCUT2D eigenvalue weighted by Crippen LogP contribution is 2.45. The Kier molecular flexibility index (Phi) is 6.05. The summed E-state index contributed by atoms with van der Waals surface area (Å²) >= 11 is 0. The minimum atomic E-state index is -1.47. The van der Waals surface area contributed by atoms with Crippen molar-refractivity contribution >= 4 is 22.8 Å². The van der Waals surface area contributed by atoms with Crippen molar-refractivity contribution in [1.82, 2.24) is 4.57 Å². The Bertz CT molecular complexity index is 1120. The lowest BCUT2D eigenvalue weighted by molar-refractivity contribution is -0.144. The van der Waals surface area contributed by atoms with E-state index in [9.17, 15) is 19.5 Å². The van der Waals surface area contributed by atoms with Gasteiger partial charge in [-0.3, -0.25) is 9.59 Å². The van der Waals surface area contributed by atoms with Crippen LogP contribution >= 0.6 is 0 Å². The van der Waals surface area contributed by atoms with E-state index in [4.69, 9.17) is 14.2 Å². The maximum atomic E-state index is 15.4. The number of esters is 1. The summed E-state index contributed by atoms with van der Waals surface area (Å²) in [5.41, 5.74) is -1.80. The minimum Gasteiger partial charge on any atom is -0.481 e. The Hall–Kier alpha value is -2.78. The van der Waals surface area contributed by atoms with E-state index in [0.29, 0.717) is 11.9 Å². The molecule has 172 valence electrons. The van der Waals surface area contributed by atoms with Gasteiger partial charge >= 0.3 is 11.9 Å². The van der Waals surface area contributed by atoms with Crippen molar-refractivity contribution in [2.24, 2.45) is 0 Å². The van der Waals surface area contributed by atoms with Crippen molar-refractivity contribution in [3.05, 3.63) is 45.5 Å². The highest BCUT2D eigenvalue weighted by atomic mass is 19.1. The maximum absolute atomic E-state index is 15.4. The molecule has 2 unspecified atom stereocenters. The van der Waals surface area contributed by atoms with E-state index in [1.807, 2.05) is 0 Å². The third kappa shape index (κ3) is 3.80. The number of hydrogen-bond donors (Lipinski definition) is 1. The van der Waals surface area contributed by atoms with Gasteiger partial charge < -0.3 is 23.9 Å². The highest BCUT2D eigenvalue weighted by molar-refractivity contribution is 5.94. The van der Waals surface area contributed by atoms with Gasteiger partial charge in [-0.15, -0.1) is 0 Å². The number of ether oxygens (including phenoxy) is 3. The molecule has 0 bridgehead atoms. The molecule has 1 N–H and O–H groups in total. The van der Waals surface area contributed by atoms with Gasteiger partial charge in [0.1, 0.15) is 18.2 Å². The number of pyridine rings is 1. The number of rotatable bonds is 8. The van der Waals surface area contributed by atoms with Crippen molar-refractivity contribution < 1.29 is 33.3 Å². The first-order chi connectivity index (χ1) is 15.3. The average Bonchev–Trinajstić information content (AvgIpc) is 3.51. The van der Waals surface area contributed by atoms with Crippen LogP contribution in [0.5, 0.6) is 0 Å². The average molecular weight is 447 g/mol. The number of benzene rings is 1. The molecule has 4 rings (SSSR count). The zero-order valence-electron chi connectivity index (χ0n) is 18.1. The monoisotopic (exact) mass is 447 g/mol. The number of carboxylic acid groups (broad SMARTS) is 1. The van der Waals surface area contributed by atoms with Crippen LogP contribution in [0.1, 0.15) is 61.0 Å². The molecule has 1 aromatic heterocycles. The second-order valence-electron chi connectivity index (χ2n) is 8.41. The molecule has 2 atom stereocenters. The van der Waals surface area contributed by atoms with Gasteiger partial charge in [-0.25, -0.2) is 9.18 Å². The molecule has 9 heteroatoms. The molecule has 0 spiro atoms. The number of halogens is 1. The summed E-state index contributed by atoms with van der Waals surface area (Å²) in [6, 6.07) is 2.58. The second-order valence-corrected chi connectivity index (χ2v) is 8.41. The van der Waals surface area contributed by atoms with Gasteiger partial charge in [0.15, 0.2) is 0 Å². The Morgan fingerprint density at radius 1 is 1.28 bits per heavy atom. The third-order valence-electron chi connectivity index (χ3n) is 6.37. The number of aliphatic carboxylic acids is 1. The van der Waals surface area contributed by atoms with E-state index in [0.717, 1.165) is 18.9 Å². The number of carbonyl (C=O) groups excluding carboxylic acids is 1. The van der Waals surface area contributed by atoms with Crippen LogP contribution in [0.3, 0.4) is 0 Å². The molecule has 2 aromatic rings. The molecule has 2 aliphatic carbocycles. The largest absolute Gasteiger partial charge is 0.481 e. The van der Waals surface area contributed by atoms with Crippen LogP contribution in [0.25, 0.3) is 10.9 Å². The van der Waals surface area contributed by atoms with E-state index in [1.54, 1.807) is 11.5 Å². The second kappa shape index (κ2) is 8.63. The summed E-state index contributed by atoms with van der Waals surface area (Å²) in [6.07, 6.45) is 3.53. The molecule has 1 aromatic carbocycles. The zero-order chi connectivity index (χ0) is 23.0. The maximum Gasteiger partial charge on any atom is 0.343 e. The van der Waals surface area contributed by atoms with Gasteiger partial charge in [0.2, 0.25) is 5.43 Å². The van der Waals surface area contributed by atoms with Crippen molar-refractivity contribution in [3.8, 4) is 0 Å². The molecule has 32 heavy (non-hydrogen) atoms. The molecular weight excluding hydrogens is 421 g/mol. The summed E-state index contributed by atoms with van der Waals surface area (Å²) in [4.78, 5) is 37.6. The fourth-order valence-corrected chi connectivity index (χ4v) is 4.61. The first-order valence-electron chi connectivity index (χ1n) is 10.7. The number of methoxy groups -OCH3 is 1. The Morgan fingerprint density at radius 3 is 2.66 bits per heavy atom. The molecular formula is C23H26FNO7. The Morgan fingerprint density at radius 2 is 2.03 bits per heavy atom. The lowest BCUT2D eigenvalue weighted by Crippen LogP contribution is -2.35. The van der Waals surface area contributed by atoms with Crippen LogP contribution in [-0.4, -0.2) is 48.2 Å². The molecule has 2 fully saturated rings. The molecule has 1 heterocycles. The van der Waals surface area contributed by atoms with Crippen LogP contribution in [0.15, 0.2) is 23.1 Å². The minimum absolute atomic E-state index is 0.0262. The molecule has 8 nitrogen and oxygen atoms in total. The predicted octanol–water partition coefficient (Wildman–Crippen LogP) is 3.15. The summed E-state index contributed by atoms with van der Waals surface area (Å²) in [5.74, 6) is -2.68. The molecule has 0 saturated heterocycles. The van der Waals surface area contributed by atoms with Crippen LogP contribution in [-0.2, 0) is 24.4 Å². The van der Waals surface area contributed by atoms with E-state index >= 15 is 4.39 Å². The fraction of sp³-hybridized carbons (Fsp3) is 0.522. The summed E-state index contributed by atoms with van der Waals surface area (Å²) < 4.78 is 32.6. The normalized spacial score (nSPS) is 22.9. The van der Waals surface area contributed by atoms with Gasteiger partial charge in [0.05, 0.1) is 23.6 Å². The predicted molar refractivity (Wildman–Crippen MR) is 112 cm³/mol. The number of nitrogens with zero attached hydrogens (tertiary/aromatic N) is 1. The number of fused-ring (bicyclic) bond motifs is 1. The van der Waals surface area contributed by atoms with E-state index in [-0.39, 0.29) is 54.9 Å². The summed E-state index contributed by atoms with van der Waals surface area (Å²) in [6.45, 7) is 1.78. The first-order valence-corrected chi connectivity index (χ1v) is 10.7. The topological polar surface area (TPSA) is 104 Å². The lowest BCUT2D eigenvalue weighted by atomic mass is 9.78. The van der Waals surface area contributed by atoms with Gasteiger partial charge in [-0.2, -0.15) is 0 Å². The zero-order valence-corrected chi connectivity index (χ0v) is 18.1. The third-order valence-corrected chi connectivity index (χ3v) is 6.37. The molecule has 0 amide bonds. The van der Waals surface area contributed by atoms with Gasteiger partial charge in [-0.1, -0.05) is 0 Å². The Labute approximate surface area is 183 Å². The first kappa shape index (κ1) is 22.4. The smallest absolute Gasteiger partial charge is 0.343 e. The van der Waals surface area contributed by atoms with Gasteiger partial charge in [-0.05, 0) is 51.2 Å². The number of hydrogen-bond acceptors (Lipinski definition) is 6. The lowest BCUT2D eigenvalue weighted by Gasteiger charge is -2.26. The highest BCUT2D eigenvalue weighted by Gasteiger charge is 2.49. The fourth-order valence-electron chi connectivity index (χ4n) is 4.61. The molecule has 2 aliphatic rings. The van der Waals surface area contributed by atoms with Gasteiger partial charge in [0, 0.05) is 30.3 Å². The van der Waals surface area contributed by atoms with Crippen molar-refractivity contribution in [2.75, 3.05) is 20.5 Å². The van der Waals surface area contributed by atoms with Crippen LogP contribution in [0.4, 0.5) is 4.39 Å². The van der Waals surface area contributed by atoms with Crippen LogP contribution in [0, 0.1) is 5.82 Å². The van der Waals surface area contributed by atoms with E-state index < -0.39 is 28.6 Å². The van der Waals surface area contributed by atoms with Crippen molar-refractivity contribution in [1.29, 1.82) is 0 Å². The summed E-state index contributed by atoms with van der Waals surface area (Å²) in [5, 5.41) is 10.1. The molecule has 2 saturated carbocycles. The van der Waals surface area contributed by atoms with Crippen LogP contribution < -0.4 is 5.43 Å². The quantitative estimate of drug-likeness (QED) is 0.490. The van der Waals surface area contributed by atoms with Crippen molar-refractivity contribution in [2.45, 2.75) is 56.6 Å². The van der Waals surface area contributed by atoms with Gasteiger partial charge in [0.25, 0.3) is 0 Å². The number of carboxylic acids is 1. The van der Waals surface area contributed by atoms with E-state index in [1.165, 1.54) is 19.4 Å². The SMILES string of the molecule is CCOC(=O)c1cn(C2CC2)c2cc(C3(C(=O)O)CCC(OCOC)C3)c(F)cc2c1=O. The number of aromatic nitrogens is 1. The Balaban J connectivity index is 1.87. The van der Waals surface area contributed by atoms with E-state index in [2.05, 4.69) is 0 Å². The molecule has 0 aliphatic heterocycles. The molecule has 0 radical (unpaired) electrons. The number of carbonyl (C=O) groups is 2. The van der Waals surface area contributed by atoms with Crippen LogP contribution in [0.2, 0.25) is 0 Å². The summed E-state index contributed by atoms with van der Waals surface area (Å²) in [7, 11) is 1.48. The van der Waals surface area contributed by atoms with Crippen molar-refractivity contribution in [3.63, 3.8) is 0 Å².